The number of carbonyl (C=O) groups excluding carboxylic acids is 1. The zero-order valence-corrected chi connectivity index (χ0v) is 16.0. The topological polar surface area (TPSA) is 109 Å². The first-order chi connectivity index (χ1) is 12.6. The quantitative estimate of drug-likeness (QED) is 0.669. The third-order valence-electron chi connectivity index (χ3n) is 3.78. The van der Waals surface area contributed by atoms with Gasteiger partial charge in [-0.05, 0) is 51.0 Å². The lowest BCUT2D eigenvalue weighted by atomic mass is 10.1. The van der Waals surface area contributed by atoms with Crippen LogP contribution in [0.2, 0.25) is 0 Å². The van der Waals surface area contributed by atoms with Gasteiger partial charge in [-0.3, -0.25) is 9.20 Å². The molecule has 0 atom stereocenters. The van der Waals surface area contributed by atoms with Gasteiger partial charge in [0.05, 0.1) is 11.2 Å². The van der Waals surface area contributed by atoms with Gasteiger partial charge in [0.15, 0.2) is 0 Å². The van der Waals surface area contributed by atoms with Crippen molar-refractivity contribution in [2.24, 2.45) is 0 Å². The number of aryl methyl sites for hydroxylation is 1. The summed E-state index contributed by atoms with van der Waals surface area (Å²) in [4.78, 5) is 35.3. The first-order valence-corrected chi connectivity index (χ1v) is 8.74. The van der Waals surface area contributed by atoms with E-state index in [1.165, 1.54) is 10.5 Å². The van der Waals surface area contributed by atoms with Gasteiger partial charge < -0.3 is 20.5 Å². The monoisotopic (exact) mass is 375 g/mol. The highest BCUT2D eigenvalue weighted by atomic mass is 16.6. The second-order valence-corrected chi connectivity index (χ2v) is 7.08. The Balaban J connectivity index is 2.12. The average Bonchev–Trinajstić information content (AvgIpc) is 2.57. The zero-order valence-electron chi connectivity index (χ0n) is 16.0. The molecule has 0 radical (unpaired) electrons. The van der Waals surface area contributed by atoms with Gasteiger partial charge in [0.1, 0.15) is 11.2 Å². The lowest BCUT2D eigenvalue weighted by Crippen LogP contribution is -2.35. The van der Waals surface area contributed by atoms with E-state index in [1.54, 1.807) is 33.0 Å². The SMILES string of the molecule is CCc1cc(C(=O)O)c(=O)n2cc(NCCNC(=O)OC(C)(C)C)ccc12. The molecule has 2 aromatic heterocycles. The lowest BCUT2D eigenvalue weighted by Gasteiger charge is -2.19. The maximum atomic E-state index is 12.4. The maximum absolute atomic E-state index is 12.4. The molecule has 0 aliphatic carbocycles. The number of rotatable bonds is 6. The van der Waals surface area contributed by atoms with E-state index in [4.69, 9.17) is 4.74 Å². The first-order valence-electron chi connectivity index (χ1n) is 8.74. The largest absolute Gasteiger partial charge is 0.477 e. The Morgan fingerprint density at radius 1 is 1.22 bits per heavy atom. The number of alkyl carbamates (subject to hydrolysis) is 1. The molecule has 8 heteroatoms. The van der Waals surface area contributed by atoms with E-state index in [0.717, 1.165) is 5.56 Å². The van der Waals surface area contributed by atoms with E-state index in [-0.39, 0.29) is 5.56 Å². The molecule has 1 amide bonds. The van der Waals surface area contributed by atoms with Crippen LogP contribution in [0.3, 0.4) is 0 Å². The Kier molecular flexibility index (Phi) is 6.09. The first kappa shape index (κ1) is 20.3. The average molecular weight is 375 g/mol. The van der Waals surface area contributed by atoms with Crippen LogP contribution in [-0.4, -0.2) is 40.3 Å². The number of carboxylic acid groups (broad SMARTS) is 1. The van der Waals surface area contributed by atoms with Crippen LogP contribution in [-0.2, 0) is 11.2 Å². The van der Waals surface area contributed by atoms with Crippen molar-refractivity contribution < 1.29 is 19.4 Å². The van der Waals surface area contributed by atoms with Crippen molar-refractivity contribution in [1.82, 2.24) is 9.72 Å². The van der Waals surface area contributed by atoms with Gasteiger partial charge in [0.2, 0.25) is 0 Å². The molecule has 0 saturated heterocycles. The molecule has 146 valence electrons. The number of fused-ring (bicyclic) bond motifs is 1. The molecular weight excluding hydrogens is 350 g/mol. The predicted molar refractivity (Wildman–Crippen MR) is 103 cm³/mol. The molecule has 8 nitrogen and oxygen atoms in total. The Morgan fingerprint density at radius 2 is 1.93 bits per heavy atom. The van der Waals surface area contributed by atoms with Crippen molar-refractivity contribution >= 4 is 23.3 Å². The number of pyridine rings is 2. The van der Waals surface area contributed by atoms with Gasteiger partial charge in [-0.25, -0.2) is 9.59 Å². The number of nitrogens with zero attached hydrogens (tertiary/aromatic N) is 1. The number of aromatic nitrogens is 1. The normalized spacial score (nSPS) is 11.3. The highest BCUT2D eigenvalue weighted by Crippen LogP contribution is 2.15. The molecule has 0 aromatic carbocycles. The van der Waals surface area contributed by atoms with Crippen LogP contribution in [0.1, 0.15) is 43.6 Å². The van der Waals surface area contributed by atoms with Crippen LogP contribution in [0.5, 0.6) is 0 Å². The van der Waals surface area contributed by atoms with Crippen molar-refractivity contribution in [1.29, 1.82) is 0 Å². The molecule has 2 heterocycles. The van der Waals surface area contributed by atoms with Crippen molar-refractivity contribution in [3.63, 3.8) is 0 Å². The fraction of sp³-hybridized carbons (Fsp3) is 0.421. The molecular formula is C19H25N3O5. The minimum absolute atomic E-state index is 0.256. The summed E-state index contributed by atoms with van der Waals surface area (Å²) in [5.74, 6) is -1.25. The minimum Gasteiger partial charge on any atom is -0.477 e. The van der Waals surface area contributed by atoms with Crippen molar-refractivity contribution in [3.05, 3.63) is 45.9 Å². The maximum Gasteiger partial charge on any atom is 0.407 e. The number of hydrogen-bond acceptors (Lipinski definition) is 5. The third kappa shape index (κ3) is 5.22. The molecule has 0 saturated carbocycles. The van der Waals surface area contributed by atoms with E-state index in [0.29, 0.717) is 30.7 Å². The molecule has 3 N–H and O–H groups in total. The summed E-state index contributed by atoms with van der Waals surface area (Å²) in [6.45, 7) is 8.00. The summed E-state index contributed by atoms with van der Waals surface area (Å²) >= 11 is 0. The zero-order chi connectivity index (χ0) is 20.2. The summed E-state index contributed by atoms with van der Waals surface area (Å²) in [6, 6.07) is 5.01. The number of anilines is 1. The second kappa shape index (κ2) is 8.11. The van der Waals surface area contributed by atoms with Gasteiger partial charge in [-0.1, -0.05) is 6.92 Å². The van der Waals surface area contributed by atoms with Gasteiger partial charge in [-0.15, -0.1) is 0 Å². The third-order valence-corrected chi connectivity index (χ3v) is 3.78. The predicted octanol–water partition coefficient (Wildman–Crippen LogP) is 2.50. The van der Waals surface area contributed by atoms with Crippen molar-refractivity contribution in [2.75, 3.05) is 18.4 Å². The lowest BCUT2D eigenvalue weighted by molar-refractivity contribution is 0.0529. The molecule has 0 aliphatic rings. The molecule has 0 aliphatic heterocycles. The summed E-state index contributed by atoms with van der Waals surface area (Å²) in [5, 5.41) is 15.0. The van der Waals surface area contributed by atoms with Gasteiger partial charge >= 0.3 is 12.1 Å². The van der Waals surface area contributed by atoms with Crippen molar-refractivity contribution in [3.8, 4) is 0 Å². The molecule has 0 spiro atoms. The summed E-state index contributed by atoms with van der Waals surface area (Å²) in [6.07, 6.45) is 1.67. The molecule has 0 fully saturated rings. The van der Waals surface area contributed by atoms with Crippen LogP contribution in [0.4, 0.5) is 10.5 Å². The van der Waals surface area contributed by atoms with Crippen molar-refractivity contribution in [2.45, 2.75) is 39.7 Å². The number of aromatic carboxylic acids is 1. The minimum atomic E-state index is -1.25. The van der Waals surface area contributed by atoms with Crippen LogP contribution in [0, 0.1) is 0 Å². The smallest absolute Gasteiger partial charge is 0.407 e. The van der Waals surface area contributed by atoms with Gasteiger partial charge in [-0.2, -0.15) is 0 Å². The summed E-state index contributed by atoms with van der Waals surface area (Å²) < 4.78 is 6.48. The summed E-state index contributed by atoms with van der Waals surface area (Å²) in [7, 11) is 0. The van der Waals surface area contributed by atoms with Crippen LogP contribution in [0.15, 0.2) is 29.2 Å². The van der Waals surface area contributed by atoms with E-state index < -0.39 is 23.2 Å². The standard InChI is InChI=1S/C19H25N3O5/c1-5-12-10-14(17(24)25)16(23)22-11-13(6-7-15(12)22)20-8-9-21-18(26)27-19(2,3)4/h6-7,10-11,20H,5,8-9H2,1-4H3,(H,21,26)(H,24,25). The highest BCUT2D eigenvalue weighted by molar-refractivity contribution is 5.88. The molecule has 27 heavy (non-hydrogen) atoms. The number of nitrogens with one attached hydrogen (secondary N) is 2. The number of carbonyl (C=O) groups is 2. The highest BCUT2D eigenvalue weighted by Gasteiger charge is 2.16. The van der Waals surface area contributed by atoms with E-state index in [9.17, 15) is 19.5 Å². The van der Waals surface area contributed by atoms with Gasteiger partial charge in [0.25, 0.3) is 5.56 Å². The Labute approximate surface area is 157 Å². The Morgan fingerprint density at radius 3 is 2.52 bits per heavy atom. The molecule has 0 bridgehead atoms. The fourth-order valence-corrected chi connectivity index (χ4v) is 2.60. The van der Waals surface area contributed by atoms with E-state index in [1.807, 2.05) is 13.0 Å². The number of carboxylic acids is 1. The van der Waals surface area contributed by atoms with Crippen LogP contribution >= 0.6 is 0 Å². The van der Waals surface area contributed by atoms with E-state index in [2.05, 4.69) is 10.6 Å². The fourth-order valence-electron chi connectivity index (χ4n) is 2.60. The molecule has 2 aromatic rings. The number of hydrogen-bond donors (Lipinski definition) is 3. The van der Waals surface area contributed by atoms with Crippen LogP contribution < -0.4 is 16.2 Å². The second-order valence-electron chi connectivity index (χ2n) is 7.08. The van der Waals surface area contributed by atoms with Gasteiger partial charge in [0, 0.05) is 19.3 Å². The number of ether oxygens (including phenoxy) is 1. The van der Waals surface area contributed by atoms with Crippen LogP contribution in [0.25, 0.3) is 5.52 Å². The van der Waals surface area contributed by atoms with E-state index >= 15 is 0 Å². The molecule has 2 rings (SSSR count). The number of amides is 1. The Bertz CT molecular complexity index is 912. The Hall–Kier alpha value is -3.03. The molecule has 0 unspecified atom stereocenters. The summed E-state index contributed by atoms with van der Waals surface area (Å²) in [5.41, 5.74) is 0.698.